The van der Waals surface area contributed by atoms with Gasteiger partial charge in [-0.25, -0.2) is 9.97 Å². The van der Waals surface area contributed by atoms with Crippen molar-refractivity contribution in [2.24, 2.45) is 0 Å². The summed E-state index contributed by atoms with van der Waals surface area (Å²) in [6.45, 7) is 4.41. The molecule has 0 bridgehead atoms. The molecule has 5 nitrogen and oxygen atoms in total. The quantitative estimate of drug-likeness (QED) is 0.802. The number of likely N-dealkylation sites (N-methyl/N-ethyl adjacent to an activating group) is 1. The first kappa shape index (κ1) is 14.9. The molecular weight excluding hydrogens is 296 g/mol. The first-order valence-electron chi connectivity index (χ1n) is 7.08. The maximum atomic E-state index is 10.4. The molecule has 3 heterocycles. The Morgan fingerprint density at radius 1 is 1.32 bits per heavy atom. The predicted octanol–water partition coefficient (Wildman–Crippen LogP) is 2.87. The van der Waals surface area contributed by atoms with E-state index in [4.69, 9.17) is 0 Å². The molecule has 3 aromatic heterocycles. The van der Waals surface area contributed by atoms with Crippen LogP contribution >= 0.6 is 11.3 Å². The number of thiophene rings is 1. The number of hydrogen-bond donors (Lipinski definition) is 1. The van der Waals surface area contributed by atoms with Gasteiger partial charge >= 0.3 is 0 Å². The predicted molar refractivity (Wildman–Crippen MR) is 89.4 cm³/mol. The van der Waals surface area contributed by atoms with Crippen LogP contribution in [0.1, 0.15) is 23.1 Å². The molecule has 0 fully saturated rings. The molecular formula is C16H18N4OS. The first-order chi connectivity index (χ1) is 10.6. The van der Waals surface area contributed by atoms with Crippen LogP contribution in [0.25, 0.3) is 10.2 Å². The minimum atomic E-state index is -0.608. The molecule has 0 spiro atoms. The van der Waals surface area contributed by atoms with E-state index in [2.05, 4.69) is 27.3 Å². The second kappa shape index (κ2) is 5.98. The minimum absolute atomic E-state index is 0.451. The lowest BCUT2D eigenvalue weighted by molar-refractivity contribution is 0.184. The third-order valence-electron chi connectivity index (χ3n) is 3.59. The molecule has 0 amide bonds. The van der Waals surface area contributed by atoms with E-state index in [1.165, 1.54) is 0 Å². The third-order valence-corrected chi connectivity index (χ3v) is 4.58. The highest BCUT2D eigenvalue weighted by atomic mass is 32.1. The average molecular weight is 314 g/mol. The van der Waals surface area contributed by atoms with Gasteiger partial charge in [-0.2, -0.15) is 0 Å². The molecule has 114 valence electrons. The van der Waals surface area contributed by atoms with Crippen LogP contribution in [-0.4, -0.2) is 33.7 Å². The Morgan fingerprint density at radius 2 is 2.14 bits per heavy atom. The van der Waals surface area contributed by atoms with E-state index in [0.29, 0.717) is 6.54 Å². The van der Waals surface area contributed by atoms with Gasteiger partial charge in [-0.1, -0.05) is 6.07 Å². The summed E-state index contributed by atoms with van der Waals surface area (Å²) in [5.41, 5.74) is 1.97. The molecule has 0 aromatic carbocycles. The number of aliphatic hydroxyl groups is 1. The third kappa shape index (κ3) is 2.80. The average Bonchev–Trinajstić information content (AvgIpc) is 2.88. The maximum Gasteiger partial charge on any atom is 0.141 e. The number of aryl methyl sites for hydroxylation is 2. The molecule has 1 atom stereocenters. The van der Waals surface area contributed by atoms with Crippen LogP contribution in [0.15, 0.2) is 29.9 Å². The van der Waals surface area contributed by atoms with Crippen LogP contribution in [0.3, 0.4) is 0 Å². The summed E-state index contributed by atoms with van der Waals surface area (Å²) in [7, 11) is 1.94. The van der Waals surface area contributed by atoms with Gasteiger partial charge in [0, 0.05) is 31.5 Å². The fourth-order valence-electron chi connectivity index (χ4n) is 2.47. The first-order valence-corrected chi connectivity index (χ1v) is 7.96. The summed E-state index contributed by atoms with van der Waals surface area (Å²) >= 11 is 1.62. The topological polar surface area (TPSA) is 62.1 Å². The van der Waals surface area contributed by atoms with Gasteiger partial charge in [0.25, 0.3) is 0 Å². The Morgan fingerprint density at radius 3 is 2.86 bits per heavy atom. The second-order valence-electron chi connectivity index (χ2n) is 5.38. The number of rotatable bonds is 4. The van der Waals surface area contributed by atoms with Crippen molar-refractivity contribution in [1.82, 2.24) is 15.0 Å². The zero-order valence-corrected chi connectivity index (χ0v) is 13.6. The summed E-state index contributed by atoms with van der Waals surface area (Å²) in [5, 5.41) is 13.5. The van der Waals surface area contributed by atoms with Gasteiger partial charge in [0.05, 0.1) is 11.5 Å². The van der Waals surface area contributed by atoms with Crippen molar-refractivity contribution in [2.45, 2.75) is 20.0 Å². The number of aromatic nitrogens is 3. The van der Waals surface area contributed by atoms with Crippen molar-refractivity contribution in [2.75, 3.05) is 18.5 Å². The van der Waals surface area contributed by atoms with Crippen molar-refractivity contribution in [3.8, 4) is 0 Å². The van der Waals surface area contributed by atoms with Gasteiger partial charge in [0.1, 0.15) is 16.5 Å². The molecule has 0 aliphatic carbocycles. The van der Waals surface area contributed by atoms with E-state index in [1.54, 1.807) is 23.7 Å². The molecule has 1 N–H and O–H groups in total. The number of anilines is 1. The van der Waals surface area contributed by atoms with Gasteiger partial charge < -0.3 is 10.0 Å². The zero-order chi connectivity index (χ0) is 15.7. The molecule has 0 aliphatic heterocycles. The summed E-state index contributed by atoms with van der Waals surface area (Å²) < 4.78 is 0. The number of fused-ring (bicyclic) bond motifs is 1. The highest BCUT2D eigenvalue weighted by Crippen LogP contribution is 2.31. The lowest BCUT2D eigenvalue weighted by Gasteiger charge is -2.23. The standard InChI is InChI=1S/C16H18N4OS/c1-10-9-22-16-14(10)15(18-11(2)19-16)20(3)8-13(21)12-5-4-6-17-7-12/h4-7,9,13,21H,8H2,1-3H3. The summed E-state index contributed by atoms with van der Waals surface area (Å²) in [5.74, 6) is 1.61. The van der Waals surface area contributed by atoms with Crippen LogP contribution in [0.5, 0.6) is 0 Å². The summed E-state index contributed by atoms with van der Waals surface area (Å²) in [6, 6.07) is 3.71. The lowest BCUT2D eigenvalue weighted by atomic mass is 10.1. The highest BCUT2D eigenvalue weighted by Gasteiger charge is 2.17. The molecule has 0 radical (unpaired) electrons. The van der Waals surface area contributed by atoms with Crippen LogP contribution in [0, 0.1) is 13.8 Å². The van der Waals surface area contributed by atoms with E-state index >= 15 is 0 Å². The monoisotopic (exact) mass is 314 g/mol. The molecule has 6 heteroatoms. The highest BCUT2D eigenvalue weighted by molar-refractivity contribution is 7.17. The molecule has 0 saturated heterocycles. The number of pyridine rings is 1. The Balaban J connectivity index is 1.92. The Hall–Kier alpha value is -2.05. The van der Waals surface area contributed by atoms with Gasteiger partial charge in [-0.05, 0) is 30.9 Å². The van der Waals surface area contributed by atoms with Gasteiger partial charge in [-0.3, -0.25) is 4.98 Å². The Kier molecular flexibility index (Phi) is 4.04. The molecule has 22 heavy (non-hydrogen) atoms. The minimum Gasteiger partial charge on any atom is -0.386 e. The number of aliphatic hydroxyl groups excluding tert-OH is 1. The van der Waals surface area contributed by atoms with Crippen LogP contribution in [0.2, 0.25) is 0 Å². The van der Waals surface area contributed by atoms with E-state index in [-0.39, 0.29) is 0 Å². The van der Waals surface area contributed by atoms with Crippen LogP contribution < -0.4 is 4.90 Å². The van der Waals surface area contributed by atoms with E-state index in [1.807, 2.05) is 31.0 Å². The van der Waals surface area contributed by atoms with E-state index < -0.39 is 6.10 Å². The second-order valence-corrected chi connectivity index (χ2v) is 6.23. The van der Waals surface area contributed by atoms with Crippen molar-refractivity contribution in [1.29, 1.82) is 0 Å². The Bertz CT molecular complexity index is 787. The van der Waals surface area contributed by atoms with Crippen molar-refractivity contribution in [3.05, 3.63) is 46.9 Å². The van der Waals surface area contributed by atoms with Crippen molar-refractivity contribution >= 4 is 27.4 Å². The molecule has 0 aliphatic rings. The van der Waals surface area contributed by atoms with Crippen molar-refractivity contribution < 1.29 is 5.11 Å². The lowest BCUT2D eigenvalue weighted by Crippen LogP contribution is -2.25. The number of hydrogen-bond acceptors (Lipinski definition) is 6. The van der Waals surface area contributed by atoms with Crippen LogP contribution in [0.4, 0.5) is 5.82 Å². The Labute approximate surface area is 133 Å². The fraction of sp³-hybridized carbons (Fsp3) is 0.312. The fourth-order valence-corrected chi connectivity index (χ4v) is 3.43. The SMILES string of the molecule is Cc1nc(N(C)CC(O)c2cccnc2)c2c(C)csc2n1. The van der Waals surface area contributed by atoms with Gasteiger partial charge in [0.15, 0.2) is 0 Å². The van der Waals surface area contributed by atoms with Gasteiger partial charge in [-0.15, -0.1) is 11.3 Å². The van der Waals surface area contributed by atoms with Crippen LogP contribution in [-0.2, 0) is 0 Å². The number of nitrogens with zero attached hydrogens (tertiary/aromatic N) is 4. The molecule has 1 unspecified atom stereocenters. The molecule has 3 aromatic rings. The summed E-state index contributed by atoms with van der Waals surface area (Å²) in [4.78, 5) is 16.1. The largest absolute Gasteiger partial charge is 0.386 e. The zero-order valence-electron chi connectivity index (χ0n) is 12.8. The van der Waals surface area contributed by atoms with Crippen molar-refractivity contribution in [3.63, 3.8) is 0 Å². The van der Waals surface area contributed by atoms with Gasteiger partial charge in [0.2, 0.25) is 0 Å². The normalized spacial score (nSPS) is 12.5. The molecule has 3 rings (SSSR count). The molecule has 0 saturated carbocycles. The summed E-state index contributed by atoms with van der Waals surface area (Å²) in [6.07, 6.45) is 2.78. The maximum absolute atomic E-state index is 10.4. The van der Waals surface area contributed by atoms with E-state index in [0.717, 1.165) is 33.0 Å². The smallest absolute Gasteiger partial charge is 0.141 e. The van der Waals surface area contributed by atoms with E-state index in [9.17, 15) is 5.11 Å².